The summed E-state index contributed by atoms with van der Waals surface area (Å²) in [6, 6.07) is 15.4. The van der Waals surface area contributed by atoms with Crippen LogP contribution in [-0.4, -0.2) is 47.0 Å². The third kappa shape index (κ3) is 5.98. The van der Waals surface area contributed by atoms with Gasteiger partial charge in [0.05, 0.1) is 13.3 Å². The van der Waals surface area contributed by atoms with Crippen molar-refractivity contribution in [2.45, 2.75) is 17.1 Å². The fourth-order valence-corrected chi connectivity index (χ4v) is 3.59. The smallest absolute Gasteiger partial charge is 0.453 e. The molecular formula is C21H18F3N5O3S. The first-order valence-corrected chi connectivity index (χ1v) is 10.4. The summed E-state index contributed by atoms with van der Waals surface area (Å²) in [6.45, 7) is 0. The number of halogens is 3. The monoisotopic (exact) mass is 477 g/mol. The Balaban J connectivity index is 1.93. The second kappa shape index (κ2) is 10.8. The molecule has 0 atom stereocenters. The molecule has 0 unspecified atom stereocenters. The number of aromatic nitrogens is 3. The van der Waals surface area contributed by atoms with Gasteiger partial charge in [0.2, 0.25) is 5.16 Å². The van der Waals surface area contributed by atoms with Crippen LogP contribution >= 0.6 is 11.8 Å². The van der Waals surface area contributed by atoms with E-state index in [0.717, 1.165) is 11.8 Å². The van der Waals surface area contributed by atoms with Crippen LogP contribution < -0.4 is 0 Å². The molecule has 0 bridgehead atoms. The van der Waals surface area contributed by atoms with Gasteiger partial charge in [0.1, 0.15) is 7.11 Å². The lowest BCUT2D eigenvalue weighted by Crippen LogP contribution is -2.19. The number of nitrogens with zero attached hydrogens (tertiary/aromatic N) is 5. The molecule has 0 radical (unpaired) electrons. The van der Waals surface area contributed by atoms with Crippen molar-refractivity contribution in [1.82, 2.24) is 14.9 Å². The molecule has 0 aliphatic rings. The van der Waals surface area contributed by atoms with Crippen LogP contribution in [-0.2, 0) is 26.3 Å². The number of oxime groups is 1. The van der Waals surface area contributed by atoms with Gasteiger partial charge >= 0.3 is 12.1 Å². The number of benzene rings is 2. The van der Waals surface area contributed by atoms with E-state index in [1.807, 2.05) is 0 Å². The van der Waals surface area contributed by atoms with Crippen LogP contribution in [0.4, 0.5) is 13.2 Å². The fourth-order valence-electron chi connectivity index (χ4n) is 2.70. The molecule has 0 spiro atoms. The van der Waals surface area contributed by atoms with Gasteiger partial charge in [0.25, 0.3) is 5.82 Å². The lowest BCUT2D eigenvalue weighted by molar-refractivity contribution is -0.147. The Labute approximate surface area is 191 Å². The lowest BCUT2D eigenvalue weighted by atomic mass is 10.0. The predicted octanol–water partition coefficient (Wildman–Crippen LogP) is 3.99. The SMILES string of the molecule is CO/N=C(/C(=O)OC)c1ccccc1CSc1nnc(C(F)(F)F)n1/N=C/c1ccccc1. The first-order chi connectivity index (χ1) is 15.8. The van der Waals surface area contributed by atoms with Crippen molar-refractivity contribution in [2.24, 2.45) is 10.3 Å². The second-order valence-corrected chi connectivity index (χ2v) is 7.27. The van der Waals surface area contributed by atoms with E-state index in [1.165, 1.54) is 20.4 Å². The molecule has 0 aliphatic carbocycles. The first-order valence-electron chi connectivity index (χ1n) is 9.37. The van der Waals surface area contributed by atoms with E-state index in [1.54, 1.807) is 54.6 Å². The Morgan fingerprint density at radius 2 is 1.79 bits per heavy atom. The topological polar surface area (TPSA) is 91.0 Å². The summed E-state index contributed by atoms with van der Waals surface area (Å²) >= 11 is 0.969. The Kier molecular flexibility index (Phi) is 7.83. The summed E-state index contributed by atoms with van der Waals surface area (Å²) in [5.74, 6) is -1.82. The highest BCUT2D eigenvalue weighted by atomic mass is 32.2. The molecule has 0 amide bonds. The second-order valence-electron chi connectivity index (χ2n) is 6.33. The van der Waals surface area contributed by atoms with Crippen LogP contribution in [0.3, 0.4) is 0 Å². The molecule has 2 aromatic carbocycles. The van der Waals surface area contributed by atoms with Crippen LogP contribution in [0.5, 0.6) is 0 Å². The van der Waals surface area contributed by atoms with Crippen LogP contribution in [0.1, 0.15) is 22.5 Å². The maximum absolute atomic E-state index is 13.4. The number of carbonyl (C=O) groups excluding carboxylic acids is 1. The molecule has 0 aliphatic heterocycles. The molecule has 0 saturated heterocycles. The molecule has 0 fully saturated rings. The van der Waals surface area contributed by atoms with Gasteiger partial charge < -0.3 is 9.57 Å². The number of carbonyl (C=O) groups is 1. The van der Waals surface area contributed by atoms with Gasteiger partial charge in [0.15, 0.2) is 5.71 Å². The van der Waals surface area contributed by atoms with Gasteiger partial charge in [-0.05, 0) is 11.1 Å². The number of hydrogen-bond donors (Lipinski definition) is 0. The predicted molar refractivity (Wildman–Crippen MR) is 116 cm³/mol. The molecule has 0 saturated carbocycles. The first kappa shape index (κ1) is 24.0. The molecule has 0 N–H and O–H groups in total. The van der Waals surface area contributed by atoms with Crippen molar-refractivity contribution >= 4 is 29.7 Å². The quantitative estimate of drug-likeness (QED) is 0.211. The van der Waals surface area contributed by atoms with Gasteiger partial charge in [-0.15, -0.1) is 10.2 Å². The van der Waals surface area contributed by atoms with Crippen LogP contribution in [0.25, 0.3) is 0 Å². The van der Waals surface area contributed by atoms with E-state index < -0.39 is 18.0 Å². The molecule has 8 nitrogen and oxygen atoms in total. The van der Waals surface area contributed by atoms with Gasteiger partial charge in [-0.25, -0.2) is 4.79 Å². The number of rotatable bonds is 8. The van der Waals surface area contributed by atoms with Crippen molar-refractivity contribution in [3.8, 4) is 0 Å². The number of methoxy groups -OCH3 is 1. The number of alkyl halides is 3. The van der Waals surface area contributed by atoms with E-state index in [0.29, 0.717) is 21.4 Å². The van der Waals surface area contributed by atoms with Crippen molar-refractivity contribution < 1.29 is 27.5 Å². The van der Waals surface area contributed by atoms with Gasteiger partial charge in [-0.3, -0.25) is 0 Å². The summed E-state index contributed by atoms with van der Waals surface area (Å²) < 4.78 is 45.7. The zero-order valence-corrected chi connectivity index (χ0v) is 18.3. The highest BCUT2D eigenvalue weighted by molar-refractivity contribution is 7.98. The zero-order valence-electron chi connectivity index (χ0n) is 17.5. The molecule has 33 heavy (non-hydrogen) atoms. The molecule has 12 heteroatoms. The fraction of sp³-hybridized carbons (Fsp3) is 0.190. The van der Waals surface area contributed by atoms with E-state index >= 15 is 0 Å². The van der Waals surface area contributed by atoms with E-state index in [-0.39, 0.29) is 16.6 Å². The zero-order chi connectivity index (χ0) is 23.8. The average molecular weight is 477 g/mol. The summed E-state index contributed by atoms with van der Waals surface area (Å²) in [5.41, 5.74) is 1.54. The van der Waals surface area contributed by atoms with Crippen molar-refractivity contribution in [2.75, 3.05) is 14.2 Å². The highest BCUT2D eigenvalue weighted by Crippen LogP contribution is 2.32. The third-order valence-electron chi connectivity index (χ3n) is 4.18. The number of esters is 1. The summed E-state index contributed by atoms with van der Waals surface area (Å²) in [4.78, 5) is 16.8. The average Bonchev–Trinajstić information content (AvgIpc) is 3.23. The lowest BCUT2D eigenvalue weighted by Gasteiger charge is -2.10. The largest absolute Gasteiger partial charge is 0.464 e. The molecule has 172 valence electrons. The van der Waals surface area contributed by atoms with Crippen molar-refractivity contribution in [1.29, 1.82) is 0 Å². The van der Waals surface area contributed by atoms with E-state index in [2.05, 4.69) is 20.5 Å². The molecule has 3 rings (SSSR count). The van der Waals surface area contributed by atoms with Crippen molar-refractivity contribution in [3.63, 3.8) is 0 Å². The summed E-state index contributed by atoms with van der Waals surface area (Å²) in [6.07, 6.45) is -3.46. The normalized spacial score (nSPS) is 12.2. The Morgan fingerprint density at radius 3 is 2.45 bits per heavy atom. The van der Waals surface area contributed by atoms with E-state index in [9.17, 15) is 18.0 Å². The summed E-state index contributed by atoms with van der Waals surface area (Å²) in [7, 11) is 2.49. The Morgan fingerprint density at radius 1 is 1.09 bits per heavy atom. The summed E-state index contributed by atoms with van der Waals surface area (Å²) in [5, 5.41) is 14.5. The van der Waals surface area contributed by atoms with Crippen LogP contribution in [0, 0.1) is 0 Å². The maximum atomic E-state index is 13.4. The molecular weight excluding hydrogens is 459 g/mol. The standard InChI is InChI=1S/C21H18F3N5O3S/c1-31-18(30)17(28-32-2)16-11-7-6-10-15(16)13-33-20-27-26-19(21(22,23)24)29(20)25-12-14-8-4-3-5-9-14/h3-12H,13H2,1-2H3/b25-12+,28-17+. The highest BCUT2D eigenvalue weighted by Gasteiger charge is 2.39. The third-order valence-corrected chi connectivity index (χ3v) is 5.15. The maximum Gasteiger partial charge on any atom is 0.453 e. The number of hydrogen-bond acceptors (Lipinski definition) is 8. The van der Waals surface area contributed by atoms with Gasteiger partial charge in [-0.1, -0.05) is 71.5 Å². The van der Waals surface area contributed by atoms with Crippen molar-refractivity contribution in [3.05, 3.63) is 77.1 Å². The van der Waals surface area contributed by atoms with Gasteiger partial charge in [-0.2, -0.15) is 22.9 Å². The van der Waals surface area contributed by atoms with E-state index in [4.69, 9.17) is 9.57 Å². The van der Waals surface area contributed by atoms with Gasteiger partial charge in [0, 0.05) is 11.3 Å². The Bertz CT molecular complexity index is 1160. The minimum absolute atomic E-state index is 0.0734. The molecule has 1 heterocycles. The molecule has 1 aromatic heterocycles. The number of thioether (sulfide) groups is 1. The van der Waals surface area contributed by atoms with Crippen LogP contribution in [0.15, 0.2) is 70.0 Å². The number of ether oxygens (including phenoxy) is 1. The Hall–Kier alpha value is -3.67. The molecule has 3 aromatic rings. The minimum Gasteiger partial charge on any atom is -0.464 e. The van der Waals surface area contributed by atoms with Crippen LogP contribution in [0.2, 0.25) is 0 Å². The minimum atomic E-state index is -4.75.